The van der Waals surface area contributed by atoms with Crippen LogP contribution in [0.1, 0.15) is 26.2 Å². The molecule has 0 atom stereocenters. The van der Waals surface area contributed by atoms with Gasteiger partial charge < -0.3 is 10.6 Å². The van der Waals surface area contributed by atoms with E-state index in [4.69, 9.17) is 0 Å². The molecule has 0 heterocycles. The zero-order chi connectivity index (χ0) is 8.32. The van der Waals surface area contributed by atoms with Crippen LogP contribution in [0.5, 0.6) is 0 Å². The number of hydrogen-bond donors (Lipinski definition) is 2. The van der Waals surface area contributed by atoms with Gasteiger partial charge in [0.1, 0.15) is 0 Å². The maximum absolute atomic E-state index is 11.1. The summed E-state index contributed by atoms with van der Waals surface area (Å²) >= 11 is 0. The molecule has 0 unspecified atom stereocenters. The van der Waals surface area contributed by atoms with Gasteiger partial charge in [-0.15, -0.1) is 0 Å². The summed E-state index contributed by atoms with van der Waals surface area (Å²) in [5, 5.41) is 5.93. The van der Waals surface area contributed by atoms with E-state index in [1.807, 2.05) is 7.05 Å². The first kappa shape index (κ1) is 8.53. The monoisotopic (exact) mass is 156 g/mol. The standard InChI is InChI=1S/C8H16N2O/c1-8(4-5-8)10-7(11)3-6-9-2/h9H,3-6H2,1-2H3,(H,10,11). The summed E-state index contributed by atoms with van der Waals surface area (Å²) in [5.41, 5.74) is 0.144. The van der Waals surface area contributed by atoms with Gasteiger partial charge in [0, 0.05) is 18.5 Å². The molecule has 3 heteroatoms. The highest BCUT2D eigenvalue weighted by molar-refractivity contribution is 5.77. The highest BCUT2D eigenvalue weighted by atomic mass is 16.1. The molecule has 0 radical (unpaired) electrons. The molecule has 0 saturated heterocycles. The van der Waals surface area contributed by atoms with Crippen molar-refractivity contribution in [3.05, 3.63) is 0 Å². The lowest BCUT2D eigenvalue weighted by Gasteiger charge is -2.10. The normalized spacial score (nSPS) is 19.5. The number of hydrogen-bond acceptors (Lipinski definition) is 2. The average Bonchev–Trinajstić information content (AvgIpc) is 2.63. The van der Waals surface area contributed by atoms with Gasteiger partial charge in [0.15, 0.2) is 0 Å². The molecule has 0 aliphatic heterocycles. The van der Waals surface area contributed by atoms with Crippen molar-refractivity contribution in [3.63, 3.8) is 0 Å². The molecule has 1 fully saturated rings. The number of nitrogens with one attached hydrogen (secondary N) is 2. The van der Waals surface area contributed by atoms with E-state index >= 15 is 0 Å². The fourth-order valence-electron chi connectivity index (χ4n) is 0.950. The first-order valence-electron chi connectivity index (χ1n) is 4.12. The Morgan fingerprint density at radius 1 is 1.55 bits per heavy atom. The van der Waals surface area contributed by atoms with Gasteiger partial charge in [-0.3, -0.25) is 4.79 Å². The maximum Gasteiger partial charge on any atom is 0.221 e. The lowest BCUT2D eigenvalue weighted by atomic mass is 10.3. The van der Waals surface area contributed by atoms with E-state index in [1.54, 1.807) is 0 Å². The Balaban J connectivity index is 2.11. The molecule has 1 rings (SSSR count). The summed E-state index contributed by atoms with van der Waals surface area (Å²) in [5.74, 6) is 0.166. The second-order valence-electron chi connectivity index (χ2n) is 3.46. The lowest BCUT2D eigenvalue weighted by Crippen LogP contribution is -2.35. The molecule has 64 valence electrons. The minimum Gasteiger partial charge on any atom is -0.351 e. The Labute approximate surface area is 67.5 Å². The molecular formula is C8H16N2O. The summed E-state index contributed by atoms with van der Waals surface area (Å²) in [6.45, 7) is 2.85. The first-order chi connectivity index (χ1) is 5.16. The summed E-state index contributed by atoms with van der Waals surface area (Å²) in [6, 6.07) is 0. The number of carbonyl (C=O) groups is 1. The largest absolute Gasteiger partial charge is 0.351 e. The van der Waals surface area contributed by atoms with Gasteiger partial charge in [0.05, 0.1) is 0 Å². The van der Waals surface area contributed by atoms with E-state index < -0.39 is 0 Å². The average molecular weight is 156 g/mol. The molecule has 1 saturated carbocycles. The van der Waals surface area contributed by atoms with Gasteiger partial charge in [0.2, 0.25) is 5.91 Å². The van der Waals surface area contributed by atoms with Crippen LogP contribution in [0.2, 0.25) is 0 Å². The van der Waals surface area contributed by atoms with Crippen molar-refractivity contribution in [1.82, 2.24) is 10.6 Å². The van der Waals surface area contributed by atoms with Crippen LogP contribution < -0.4 is 10.6 Å². The van der Waals surface area contributed by atoms with Gasteiger partial charge in [-0.05, 0) is 26.8 Å². The van der Waals surface area contributed by atoms with Gasteiger partial charge in [-0.1, -0.05) is 0 Å². The van der Waals surface area contributed by atoms with Crippen molar-refractivity contribution >= 4 is 5.91 Å². The predicted octanol–water partition coefficient (Wildman–Crippen LogP) is 0.265. The zero-order valence-corrected chi connectivity index (χ0v) is 7.24. The summed E-state index contributed by atoms with van der Waals surface area (Å²) < 4.78 is 0. The topological polar surface area (TPSA) is 41.1 Å². The Bertz CT molecular complexity index is 152. The molecule has 0 aromatic heterocycles. The Morgan fingerprint density at radius 2 is 2.18 bits per heavy atom. The SMILES string of the molecule is CNCCC(=O)NC1(C)CC1. The summed E-state index contributed by atoms with van der Waals surface area (Å²) in [6.07, 6.45) is 2.86. The van der Waals surface area contributed by atoms with Crippen LogP contribution in [0.4, 0.5) is 0 Å². The highest BCUT2D eigenvalue weighted by Gasteiger charge is 2.38. The van der Waals surface area contributed by atoms with Crippen LogP contribution in [-0.4, -0.2) is 25.0 Å². The van der Waals surface area contributed by atoms with Crippen LogP contribution in [0.15, 0.2) is 0 Å². The number of carbonyl (C=O) groups excluding carboxylic acids is 1. The Hall–Kier alpha value is -0.570. The van der Waals surface area contributed by atoms with E-state index in [1.165, 1.54) is 0 Å². The Morgan fingerprint density at radius 3 is 2.64 bits per heavy atom. The smallest absolute Gasteiger partial charge is 0.221 e. The summed E-state index contributed by atoms with van der Waals surface area (Å²) in [4.78, 5) is 11.1. The van der Waals surface area contributed by atoms with Gasteiger partial charge in [-0.2, -0.15) is 0 Å². The third kappa shape index (κ3) is 2.89. The van der Waals surface area contributed by atoms with Gasteiger partial charge in [0.25, 0.3) is 0 Å². The molecule has 1 amide bonds. The molecule has 1 aliphatic rings. The van der Waals surface area contributed by atoms with Crippen LogP contribution in [0.3, 0.4) is 0 Å². The molecule has 0 spiro atoms. The minimum atomic E-state index is 0.144. The van der Waals surface area contributed by atoms with Crippen LogP contribution >= 0.6 is 0 Å². The van der Waals surface area contributed by atoms with Crippen LogP contribution in [-0.2, 0) is 4.79 Å². The molecule has 3 nitrogen and oxygen atoms in total. The fraction of sp³-hybridized carbons (Fsp3) is 0.875. The molecule has 2 N–H and O–H groups in total. The number of amides is 1. The molecule has 0 aromatic rings. The molecular weight excluding hydrogens is 140 g/mol. The van der Waals surface area contributed by atoms with Crippen molar-refractivity contribution in [1.29, 1.82) is 0 Å². The van der Waals surface area contributed by atoms with Crippen LogP contribution in [0, 0.1) is 0 Å². The third-order valence-electron chi connectivity index (χ3n) is 2.04. The van der Waals surface area contributed by atoms with Crippen molar-refractivity contribution in [2.24, 2.45) is 0 Å². The maximum atomic E-state index is 11.1. The predicted molar refractivity (Wildman–Crippen MR) is 44.3 cm³/mol. The van der Waals surface area contributed by atoms with Crippen molar-refractivity contribution < 1.29 is 4.79 Å². The quantitative estimate of drug-likeness (QED) is 0.613. The molecule has 0 aromatic carbocycles. The second kappa shape index (κ2) is 3.22. The first-order valence-corrected chi connectivity index (χ1v) is 4.12. The second-order valence-corrected chi connectivity index (χ2v) is 3.46. The molecule has 1 aliphatic carbocycles. The van der Waals surface area contributed by atoms with Crippen LogP contribution in [0.25, 0.3) is 0 Å². The molecule has 0 bridgehead atoms. The fourth-order valence-corrected chi connectivity index (χ4v) is 0.950. The van der Waals surface area contributed by atoms with E-state index in [-0.39, 0.29) is 11.4 Å². The van der Waals surface area contributed by atoms with Gasteiger partial charge in [-0.25, -0.2) is 0 Å². The lowest BCUT2D eigenvalue weighted by molar-refractivity contribution is -0.121. The highest BCUT2D eigenvalue weighted by Crippen LogP contribution is 2.34. The third-order valence-corrected chi connectivity index (χ3v) is 2.04. The molecule has 11 heavy (non-hydrogen) atoms. The van der Waals surface area contributed by atoms with Crippen molar-refractivity contribution in [2.45, 2.75) is 31.7 Å². The van der Waals surface area contributed by atoms with E-state index in [0.717, 1.165) is 19.4 Å². The Kier molecular flexibility index (Phi) is 2.49. The van der Waals surface area contributed by atoms with E-state index in [0.29, 0.717) is 6.42 Å². The van der Waals surface area contributed by atoms with Crippen molar-refractivity contribution in [3.8, 4) is 0 Å². The van der Waals surface area contributed by atoms with Crippen molar-refractivity contribution in [2.75, 3.05) is 13.6 Å². The zero-order valence-electron chi connectivity index (χ0n) is 7.24. The van der Waals surface area contributed by atoms with E-state index in [2.05, 4.69) is 17.6 Å². The minimum absolute atomic E-state index is 0.144. The number of rotatable bonds is 4. The van der Waals surface area contributed by atoms with E-state index in [9.17, 15) is 4.79 Å². The summed E-state index contributed by atoms with van der Waals surface area (Å²) in [7, 11) is 1.85. The van der Waals surface area contributed by atoms with Gasteiger partial charge >= 0.3 is 0 Å².